The van der Waals surface area contributed by atoms with Crippen molar-refractivity contribution in [3.05, 3.63) is 28.3 Å². The number of nitrogens with zero attached hydrogens (tertiary/aromatic N) is 2. The minimum absolute atomic E-state index is 0.0557. The normalized spacial score (nSPS) is 21.5. The minimum atomic E-state index is -3.80. The second-order valence-corrected chi connectivity index (χ2v) is 7.78. The molecular formula is C14H19N3O6S. The van der Waals surface area contributed by atoms with Gasteiger partial charge in [-0.15, -0.1) is 0 Å². The topological polar surface area (TPSA) is 130 Å². The van der Waals surface area contributed by atoms with E-state index in [-0.39, 0.29) is 28.7 Å². The molecule has 1 saturated heterocycles. The van der Waals surface area contributed by atoms with Gasteiger partial charge in [0.2, 0.25) is 10.0 Å². The molecule has 1 aromatic carbocycles. The summed E-state index contributed by atoms with van der Waals surface area (Å²) in [5.41, 5.74) is -0.127. The maximum Gasteiger partial charge on any atom is 0.308 e. The minimum Gasteiger partial charge on any atom is -0.481 e. The molecule has 1 heterocycles. The SMILES string of the molecule is CNS(=O)(=O)c1ccc(N2CC(C)CC(C(=O)O)C2)c([N+](=O)[O-])c1. The number of carboxylic acid groups (broad SMARTS) is 1. The van der Waals surface area contributed by atoms with Gasteiger partial charge in [-0.1, -0.05) is 6.92 Å². The van der Waals surface area contributed by atoms with Crippen molar-refractivity contribution < 1.29 is 23.2 Å². The van der Waals surface area contributed by atoms with Gasteiger partial charge in [0.1, 0.15) is 5.69 Å². The van der Waals surface area contributed by atoms with Crippen LogP contribution < -0.4 is 9.62 Å². The number of piperidine rings is 1. The van der Waals surface area contributed by atoms with Crippen molar-refractivity contribution in [2.75, 3.05) is 25.0 Å². The lowest BCUT2D eigenvalue weighted by Crippen LogP contribution is -2.42. The van der Waals surface area contributed by atoms with Gasteiger partial charge >= 0.3 is 5.97 Å². The first kappa shape index (κ1) is 18.1. The maximum absolute atomic E-state index is 11.8. The molecule has 0 spiro atoms. The molecule has 24 heavy (non-hydrogen) atoms. The molecular weight excluding hydrogens is 338 g/mol. The molecule has 9 nitrogen and oxygen atoms in total. The van der Waals surface area contributed by atoms with Crippen molar-refractivity contribution in [1.82, 2.24) is 4.72 Å². The number of carboxylic acids is 1. The highest BCUT2D eigenvalue weighted by molar-refractivity contribution is 7.89. The van der Waals surface area contributed by atoms with Crippen LogP contribution in [-0.2, 0) is 14.8 Å². The summed E-state index contributed by atoms with van der Waals surface area (Å²) in [5.74, 6) is -1.50. The van der Waals surface area contributed by atoms with Gasteiger partial charge in [0.15, 0.2) is 0 Å². The Morgan fingerprint density at radius 2 is 2.08 bits per heavy atom. The fourth-order valence-corrected chi connectivity index (χ4v) is 3.68. The number of benzene rings is 1. The molecule has 1 aromatic rings. The Balaban J connectivity index is 2.46. The fourth-order valence-electron chi connectivity index (χ4n) is 2.93. The van der Waals surface area contributed by atoms with Gasteiger partial charge < -0.3 is 10.0 Å². The summed E-state index contributed by atoms with van der Waals surface area (Å²) in [6.45, 7) is 2.51. The molecule has 1 aliphatic rings. The Kier molecular flexibility index (Phi) is 5.09. The molecule has 2 rings (SSSR count). The molecule has 132 valence electrons. The first-order valence-corrected chi connectivity index (χ1v) is 8.83. The number of sulfonamides is 1. The zero-order valence-electron chi connectivity index (χ0n) is 13.3. The number of nitrogens with one attached hydrogen (secondary N) is 1. The van der Waals surface area contributed by atoms with Gasteiger partial charge in [-0.05, 0) is 31.5 Å². The van der Waals surface area contributed by atoms with E-state index in [1.807, 2.05) is 6.92 Å². The van der Waals surface area contributed by atoms with Gasteiger partial charge in [-0.2, -0.15) is 0 Å². The van der Waals surface area contributed by atoms with Crippen LogP contribution in [0.25, 0.3) is 0 Å². The molecule has 0 radical (unpaired) electrons. The number of hydrogen-bond donors (Lipinski definition) is 2. The van der Waals surface area contributed by atoms with Crippen LogP contribution in [0, 0.1) is 22.0 Å². The van der Waals surface area contributed by atoms with Crippen LogP contribution in [0.3, 0.4) is 0 Å². The average molecular weight is 357 g/mol. The predicted molar refractivity (Wildman–Crippen MR) is 86.5 cm³/mol. The third-order valence-corrected chi connectivity index (χ3v) is 5.48. The second kappa shape index (κ2) is 6.73. The molecule has 0 amide bonds. The molecule has 2 atom stereocenters. The van der Waals surface area contributed by atoms with E-state index in [2.05, 4.69) is 4.72 Å². The lowest BCUT2D eigenvalue weighted by Gasteiger charge is -2.35. The van der Waals surface area contributed by atoms with E-state index in [9.17, 15) is 28.4 Å². The maximum atomic E-state index is 11.8. The van der Waals surface area contributed by atoms with Crippen molar-refractivity contribution in [1.29, 1.82) is 0 Å². The first-order valence-electron chi connectivity index (χ1n) is 7.35. The molecule has 0 bridgehead atoms. The van der Waals surface area contributed by atoms with E-state index in [0.717, 1.165) is 6.07 Å². The highest BCUT2D eigenvalue weighted by Crippen LogP contribution is 2.34. The smallest absolute Gasteiger partial charge is 0.308 e. The number of nitro benzene ring substituents is 1. The van der Waals surface area contributed by atoms with Crippen LogP contribution in [0.1, 0.15) is 13.3 Å². The zero-order chi connectivity index (χ0) is 18.1. The van der Waals surface area contributed by atoms with Crippen LogP contribution in [-0.4, -0.2) is 44.6 Å². The Labute approximate surface area is 139 Å². The third-order valence-electron chi connectivity index (χ3n) is 4.07. The summed E-state index contributed by atoms with van der Waals surface area (Å²) in [5, 5.41) is 20.6. The van der Waals surface area contributed by atoms with Crippen LogP contribution >= 0.6 is 0 Å². The van der Waals surface area contributed by atoms with Crippen molar-refractivity contribution >= 4 is 27.4 Å². The highest BCUT2D eigenvalue weighted by Gasteiger charge is 2.33. The van der Waals surface area contributed by atoms with Crippen molar-refractivity contribution in [3.63, 3.8) is 0 Å². The molecule has 0 aromatic heterocycles. The summed E-state index contributed by atoms with van der Waals surface area (Å²) in [4.78, 5) is 23.4. The zero-order valence-corrected chi connectivity index (χ0v) is 14.1. The van der Waals surface area contributed by atoms with E-state index in [1.54, 1.807) is 4.90 Å². The number of rotatable bonds is 5. The van der Waals surface area contributed by atoms with Gasteiger partial charge in [0.25, 0.3) is 5.69 Å². The summed E-state index contributed by atoms with van der Waals surface area (Å²) in [7, 11) is -2.58. The monoisotopic (exact) mass is 357 g/mol. The summed E-state index contributed by atoms with van der Waals surface area (Å²) in [6.07, 6.45) is 0.506. The van der Waals surface area contributed by atoms with Gasteiger partial charge in [0, 0.05) is 19.2 Å². The summed E-state index contributed by atoms with van der Waals surface area (Å²) in [6, 6.07) is 3.64. The molecule has 0 saturated carbocycles. The number of hydrogen-bond acceptors (Lipinski definition) is 6. The quantitative estimate of drug-likeness (QED) is 0.595. The summed E-state index contributed by atoms with van der Waals surface area (Å²) >= 11 is 0. The standard InChI is InChI=1S/C14H19N3O6S/c1-9-5-10(14(18)19)8-16(7-9)12-4-3-11(24(22,23)15-2)6-13(12)17(20)21/h3-4,6,9-10,15H,5,7-8H2,1-2H3,(H,18,19). The van der Waals surface area contributed by atoms with Crippen LogP contribution in [0.5, 0.6) is 0 Å². The largest absolute Gasteiger partial charge is 0.481 e. The van der Waals surface area contributed by atoms with Gasteiger partial charge in [-0.3, -0.25) is 14.9 Å². The molecule has 0 aliphatic carbocycles. The number of aliphatic carboxylic acids is 1. The second-order valence-electron chi connectivity index (χ2n) is 5.90. The first-order chi connectivity index (χ1) is 11.2. The lowest BCUT2D eigenvalue weighted by atomic mass is 9.90. The lowest BCUT2D eigenvalue weighted by molar-refractivity contribution is -0.384. The fraction of sp³-hybridized carbons (Fsp3) is 0.500. The van der Waals surface area contributed by atoms with E-state index in [4.69, 9.17) is 0 Å². The Morgan fingerprint density at radius 1 is 1.42 bits per heavy atom. The van der Waals surface area contributed by atoms with Crippen LogP contribution in [0.4, 0.5) is 11.4 Å². The molecule has 1 fully saturated rings. The van der Waals surface area contributed by atoms with Crippen molar-refractivity contribution in [3.8, 4) is 0 Å². The Morgan fingerprint density at radius 3 is 2.62 bits per heavy atom. The van der Waals surface area contributed by atoms with E-state index >= 15 is 0 Å². The van der Waals surface area contributed by atoms with Crippen molar-refractivity contribution in [2.24, 2.45) is 11.8 Å². The van der Waals surface area contributed by atoms with E-state index < -0.39 is 26.8 Å². The molecule has 2 unspecified atom stereocenters. The van der Waals surface area contributed by atoms with E-state index in [1.165, 1.54) is 19.2 Å². The van der Waals surface area contributed by atoms with Crippen LogP contribution in [0.2, 0.25) is 0 Å². The molecule has 1 aliphatic heterocycles. The number of nitro groups is 1. The predicted octanol–water partition coefficient (Wildman–Crippen LogP) is 1.05. The Bertz CT molecular complexity index is 764. The van der Waals surface area contributed by atoms with E-state index in [0.29, 0.717) is 13.0 Å². The van der Waals surface area contributed by atoms with Crippen LogP contribution in [0.15, 0.2) is 23.1 Å². The molecule has 2 N–H and O–H groups in total. The average Bonchev–Trinajstić information content (AvgIpc) is 2.53. The van der Waals surface area contributed by atoms with Gasteiger partial charge in [-0.25, -0.2) is 13.1 Å². The Hall–Kier alpha value is -2.20. The third kappa shape index (κ3) is 3.65. The summed E-state index contributed by atoms with van der Waals surface area (Å²) < 4.78 is 25.8. The van der Waals surface area contributed by atoms with Crippen molar-refractivity contribution in [2.45, 2.75) is 18.2 Å². The number of carbonyl (C=O) groups is 1. The number of anilines is 1. The highest BCUT2D eigenvalue weighted by atomic mass is 32.2. The molecule has 10 heteroatoms. The van der Waals surface area contributed by atoms with Gasteiger partial charge in [0.05, 0.1) is 15.7 Å².